The molecule has 0 spiro atoms. The minimum Gasteiger partial charge on any atom is -0.426 e. The normalized spacial score (nSPS) is 11.6. The van der Waals surface area contributed by atoms with Gasteiger partial charge in [0.15, 0.2) is 0 Å². The summed E-state index contributed by atoms with van der Waals surface area (Å²) in [4.78, 5) is 23.5. The summed E-state index contributed by atoms with van der Waals surface area (Å²) in [5.41, 5.74) is 1.97. The summed E-state index contributed by atoms with van der Waals surface area (Å²) in [6, 6.07) is 13.8. The molecule has 2 aromatic carbocycles. The predicted molar refractivity (Wildman–Crippen MR) is 89.4 cm³/mol. The monoisotopic (exact) mass is 331 g/mol. The van der Waals surface area contributed by atoms with E-state index in [2.05, 4.69) is 5.32 Å². The average Bonchev–Trinajstić information content (AvgIpc) is 2.49. The molecule has 0 saturated heterocycles. The number of carbonyl (C=O) groups is 2. The molecule has 1 amide bonds. The summed E-state index contributed by atoms with van der Waals surface area (Å²) < 4.78 is 5.28. The number of nitrogens with one attached hydrogen (secondary N) is 1. The largest absolute Gasteiger partial charge is 0.426 e. The van der Waals surface area contributed by atoms with Gasteiger partial charge in [-0.2, -0.15) is 0 Å². The van der Waals surface area contributed by atoms with E-state index >= 15 is 0 Å². The quantitative estimate of drug-likeness (QED) is 0.669. The van der Waals surface area contributed by atoms with Crippen LogP contribution < -0.4 is 10.1 Å². The number of carbonyl (C=O) groups excluding carboxylic acids is 2. The van der Waals surface area contributed by atoms with E-state index < -0.39 is 12.0 Å². The molecular weight excluding hydrogens is 314 g/mol. The van der Waals surface area contributed by atoms with Crippen molar-refractivity contribution >= 4 is 23.5 Å². The van der Waals surface area contributed by atoms with Crippen LogP contribution in [0.2, 0.25) is 5.02 Å². The molecule has 0 heterocycles. The van der Waals surface area contributed by atoms with Gasteiger partial charge in [-0.05, 0) is 36.8 Å². The van der Waals surface area contributed by atoms with E-state index in [1.807, 2.05) is 31.2 Å². The van der Waals surface area contributed by atoms with Crippen LogP contribution in [-0.4, -0.2) is 11.9 Å². The molecule has 1 atom stereocenters. The third-order valence-corrected chi connectivity index (χ3v) is 3.53. The lowest BCUT2D eigenvalue weighted by atomic mass is 10.0. The molecule has 5 heteroatoms. The highest BCUT2D eigenvalue weighted by molar-refractivity contribution is 6.30. The number of amides is 1. The van der Waals surface area contributed by atoms with Crippen molar-refractivity contribution in [1.29, 1.82) is 0 Å². The van der Waals surface area contributed by atoms with E-state index in [-0.39, 0.29) is 12.3 Å². The zero-order chi connectivity index (χ0) is 16.8. The summed E-state index contributed by atoms with van der Waals surface area (Å²) in [6.07, 6.45) is 0.0469. The Morgan fingerprint density at radius 2 is 1.70 bits per heavy atom. The maximum absolute atomic E-state index is 12.1. The van der Waals surface area contributed by atoms with Crippen LogP contribution in [0.5, 0.6) is 5.75 Å². The number of aryl methyl sites for hydroxylation is 1. The van der Waals surface area contributed by atoms with Crippen molar-refractivity contribution in [3.05, 3.63) is 64.7 Å². The summed E-state index contributed by atoms with van der Waals surface area (Å²) in [7, 11) is 0. The molecule has 2 rings (SSSR count). The molecule has 0 aliphatic carbocycles. The molecule has 1 N–H and O–H groups in total. The lowest BCUT2D eigenvalue weighted by Gasteiger charge is -2.18. The van der Waals surface area contributed by atoms with Crippen molar-refractivity contribution in [2.24, 2.45) is 0 Å². The van der Waals surface area contributed by atoms with Gasteiger partial charge in [-0.25, -0.2) is 0 Å². The number of hydrogen-bond acceptors (Lipinski definition) is 3. The highest BCUT2D eigenvalue weighted by atomic mass is 35.5. The van der Waals surface area contributed by atoms with Crippen molar-refractivity contribution in [3.8, 4) is 5.75 Å². The molecule has 120 valence electrons. The molecule has 0 radical (unpaired) electrons. The smallest absolute Gasteiger partial charge is 0.313 e. The number of benzene rings is 2. The highest BCUT2D eigenvalue weighted by Crippen LogP contribution is 2.20. The average molecular weight is 332 g/mol. The van der Waals surface area contributed by atoms with Crippen molar-refractivity contribution < 1.29 is 14.3 Å². The van der Waals surface area contributed by atoms with Gasteiger partial charge in [0.05, 0.1) is 12.5 Å². The second-order valence-electron chi connectivity index (χ2n) is 5.30. The number of hydrogen-bond donors (Lipinski definition) is 1. The molecule has 1 unspecified atom stereocenters. The van der Waals surface area contributed by atoms with Crippen molar-refractivity contribution in [3.63, 3.8) is 0 Å². The van der Waals surface area contributed by atoms with Crippen LogP contribution in [-0.2, 0) is 9.59 Å². The van der Waals surface area contributed by atoms with Crippen molar-refractivity contribution in [1.82, 2.24) is 5.32 Å². The fourth-order valence-corrected chi connectivity index (χ4v) is 2.26. The van der Waals surface area contributed by atoms with E-state index in [0.29, 0.717) is 10.8 Å². The minimum atomic E-state index is -0.424. The van der Waals surface area contributed by atoms with E-state index in [1.54, 1.807) is 24.3 Å². The van der Waals surface area contributed by atoms with E-state index in [4.69, 9.17) is 16.3 Å². The van der Waals surface area contributed by atoms with Crippen LogP contribution in [0.1, 0.15) is 30.5 Å². The molecule has 4 nitrogen and oxygen atoms in total. The van der Waals surface area contributed by atoms with Gasteiger partial charge in [0.2, 0.25) is 5.91 Å². The van der Waals surface area contributed by atoms with Crippen LogP contribution in [0.3, 0.4) is 0 Å². The third-order valence-electron chi connectivity index (χ3n) is 3.27. The molecule has 0 bridgehead atoms. The lowest BCUT2D eigenvalue weighted by Crippen LogP contribution is -2.29. The topological polar surface area (TPSA) is 55.4 Å². The number of halogens is 1. The first-order valence-corrected chi connectivity index (χ1v) is 7.62. The van der Waals surface area contributed by atoms with E-state index in [1.165, 1.54) is 6.92 Å². The van der Waals surface area contributed by atoms with Gasteiger partial charge in [-0.15, -0.1) is 0 Å². The fraction of sp³-hybridized carbons (Fsp3) is 0.222. The van der Waals surface area contributed by atoms with Gasteiger partial charge in [0.1, 0.15) is 5.75 Å². The van der Waals surface area contributed by atoms with Gasteiger partial charge in [0.25, 0.3) is 0 Å². The molecule has 0 aliphatic heterocycles. The Hall–Kier alpha value is -2.33. The highest BCUT2D eigenvalue weighted by Gasteiger charge is 2.18. The number of esters is 1. The van der Waals surface area contributed by atoms with Gasteiger partial charge in [-0.3, -0.25) is 9.59 Å². The molecular formula is C18H18ClNO3. The van der Waals surface area contributed by atoms with E-state index in [0.717, 1.165) is 11.1 Å². The summed E-state index contributed by atoms with van der Waals surface area (Å²) in [5.74, 6) is -0.202. The first-order valence-electron chi connectivity index (χ1n) is 7.24. The van der Waals surface area contributed by atoms with Crippen LogP contribution in [0.15, 0.2) is 48.5 Å². The third kappa shape index (κ3) is 5.42. The Bertz CT molecular complexity index is 680. The van der Waals surface area contributed by atoms with Crippen LogP contribution in [0.25, 0.3) is 0 Å². The van der Waals surface area contributed by atoms with Gasteiger partial charge in [0, 0.05) is 11.9 Å². The molecule has 0 fully saturated rings. The number of ether oxygens (including phenoxy) is 1. The zero-order valence-corrected chi connectivity index (χ0v) is 13.8. The summed E-state index contributed by atoms with van der Waals surface area (Å²) in [5, 5.41) is 3.35. The van der Waals surface area contributed by atoms with Gasteiger partial charge < -0.3 is 10.1 Å². The fourth-order valence-electron chi connectivity index (χ4n) is 2.14. The number of rotatable bonds is 5. The first kappa shape index (κ1) is 17.0. The predicted octanol–water partition coefficient (Wildman–Crippen LogP) is 3.82. The second kappa shape index (κ2) is 7.79. The minimum absolute atomic E-state index is 0.0469. The Morgan fingerprint density at radius 3 is 2.26 bits per heavy atom. The van der Waals surface area contributed by atoms with E-state index in [9.17, 15) is 9.59 Å². The van der Waals surface area contributed by atoms with Crippen molar-refractivity contribution in [2.45, 2.75) is 26.3 Å². The molecule has 0 aromatic heterocycles. The standard InChI is InChI=1S/C18H18ClNO3/c1-12-3-5-14(6-4-12)17(20-13(2)21)11-18(22)23-16-9-7-15(19)8-10-16/h3-10,17H,11H2,1-2H3,(H,20,21). The molecule has 0 saturated carbocycles. The Balaban J connectivity index is 2.07. The van der Waals surface area contributed by atoms with Gasteiger partial charge >= 0.3 is 5.97 Å². The Morgan fingerprint density at radius 1 is 1.09 bits per heavy atom. The van der Waals surface area contributed by atoms with Crippen LogP contribution in [0, 0.1) is 6.92 Å². The molecule has 0 aliphatic rings. The summed E-state index contributed by atoms with van der Waals surface area (Å²) in [6.45, 7) is 3.40. The summed E-state index contributed by atoms with van der Waals surface area (Å²) >= 11 is 5.79. The molecule has 2 aromatic rings. The maximum Gasteiger partial charge on any atom is 0.313 e. The lowest BCUT2D eigenvalue weighted by molar-refractivity contribution is -0.135. The zero-order valence-electron chi connectivity index (χ0n) is 13.0. The van der Waals surface area contributed by atoms with Crippen molar-refractivity contribution in [2.75, 3.05) is 0 Å². The Labute approximate surface area is 140 Å². The molecule has 23 heavy (non-hydrogen) atoms. The SMILES string of the molecule is CC(=O)NC(CC(=O)Oc1ccc(Cl)cc1)c1ccc(C)cc1. The second-order valence-corrected chi connectivity index (χ2v) is 5.73. The van der Waals surface area contributed by atoms with Crippen LogP contribution >= 0.6 is 11.6 Å². The Kier molecular flexibility index (Phi) is 5.77. The first-order chi connectivity index (χ1) is 10.9. The van der Waals surface area contributed by atoms with Gasteiger partial charge in [-0.1, -0.05) is 41.4 Å². The van der Waals surface area contributed by atoms with Crippen LogP contribution in [0.4, 0.5) is 0 Å². The maximum atomic E-state index is 12.1.